The Kier molecular flexibility index (Phi) is 3.72. The molecule has 1 atom stereocenters. The van der Waals surface area contributed by atoms with Crippen molar-refractivity contribution in [3.8, 4) is 5.75 Å². The zero-order valence-electron chi connectivity index (χ0n) is 10.6. The molecule has 1 aliphatic rings. The molecule has 0 spiro atoms. The maximum absolute atomic E-state index is 11.2. The maximum Gasteiger partial charge on any atom is 0.222 e. The highest BCUT2D eigenvalue weighted by Crippen LogP contribution is 2.30. The Morgan fingerprint density at radius 3 is 2.89 bits per heavy atom. The van der Waals surface area contributed by atoms with E-state index in [1.54, 1.807) is 7.11 Å². The molecule has 5 nitrogen and oxygen atoms in total. The first-order valence-corrected chi connectivity index (χ1v) is 6.07. The fourth-order valence-corrected chi connectivity index (χ4v) is 2.35. The van der Waals surface area contributed by atoms with Gasteiger partial charge in [-0.3, -0.25) is 4.79 Å². The van der Waals surface area contributed by atoms with Gasteiger partial charge in [0.1, 0.15) is 5.75 Å². The van der Waals surface area contributed by atoms with Gasteiger partial charge in [-0.1, -0.05) is 6.07 Å². The summed E-state index contributed by atoms with van der Waals surface area (Å²) in [6, 6.07) is 5.82. The van der Waals surface area contributed by atoms with Crippen molar-refractivity contribution in [2.24, 2.45) is 17.4 Å². The summed E-state index contributed by atoms with van der Waals surface area (Å²) in [7, 11) is 1.64. The van der Waals surface area contributed by atoms with Crippen LogP contribution in [0.2, 0.25) is 0 Å². The SMILES string of the molecule is COc1ccc(CN)c(N2CCC(C(N)=O)C2)c1. The minimum absolute atomic E-state index is 0.0678. The lowest BCUT2D eigenvalue weighted by atomic mass is 10.1. The van der Waals surface area contributed by atoms with E-state index in [1.165, 1.54) is 0 Å². The molecule has 1 fully saturated rings. The van der Waals surface area contributed by atoms with Crippen molar-refractivity contribution in [2.75, 3.05) is 25.1 Å². The highest BCUT2D eigenvalue weighted by molar-refractivity contribution is 5.78. The highest BCUT2D eigenvalue weighted by Gasteiger charge is 2.27. The third-order valence-corrected chi connectivity index (χ3v) is 3.44. The van der Waals surface area contributed by atoms with Gasteiger partial charge in [-0.25, -0.2) is 0 Å². The molecule has 1 amide bonds. The number of rotatable bonds is 4. The molecule has 0 aromatic heterocycles. The van der Waals surface area contributed by atoms with Crippen LogP contribution in [0.4, 0.5) is 5.69 Å². The molecule has 1 saturated heterocycles. The molecule has 0 aliphatic carbocycles. The average molecular weight is 249 g/mol. The Labute approximate surface area is 107 Å². The Morgan fingerprint density at radius 1 is 1.56 bits per heavy atom. The third-order valence-electron chi connectivity index (χ3n) is 3.44. The molecule has 4 N–H and O–H groups in total. The van der Waals surface area contributed by atoms with Gasteiger partial charge in [0.25, 0.3) is 0 Å². The number of anilines is 1. The Bertz CT molecular complexity index is 448. The van der Waals surface area contributed by atoms with Gasteiger partial charge in [0.2, 0.25) is 5.91 Å². The van der Waals surface area contributed by atoms with Gasteiger partial charge >= 0.3 is 0 Å². The summed E-state index contributed by atoms with van der Waals surface area (Å²) < 4.78 is 5.23. The minimum Gasteiger partial charge on any atom is -0.497 e. The number of amides is 1. The molecule has 98 valence electrons. The van der Waals surface area contributed by atoms with Gasteiger partial charge in [0, 0.05) is 31.4 Å². The average Bonchev–Trinajstić information content (AvgIpc) is 2.87. The topological polar surface area (TPSA) is 81.6 Å². The van der Waals surface area contributed by atoms with Gasteiger partial charge in [0.05, 0.1) is 13.0 Å². The first kappa shape index (κ1) is 12.7. The van der Waals surface area contributed by atoms with Gasteiger partial charge < -0.3 is 21.1 Å². The maximum atomic E-state index is 11.2. The highest BCUT2D eigenvalue weighted by atomic mass is 16.5. The van der Waals surface area contributed by atoms with E-state index in [0.29, 0.717) is 13.1 Å². The fraction of sp³-hybridized carbons (Fsp3) is 0.462. The first-order valence-electron chi connectivity index (χ1n) is 6.07. The number of nitrogens with zero attached hydrogens (tertiary/aromatic N) is 1. The van der Waals surface area contributed by atoms with Crippen molar-refractivity contribution < 1.29 is 9.53 Å². The van der Waals surface area contributed by atoms with Crippen LogP contribution in [0.1, 0.15) is 12.0 Å². The fourth-order valence-electron chi connectivity index (χ4n) is 2.35. The van der Waals surface area contributed by atoms with Crippen LogP contribution >= 0.6 is 0 Å². The lowest BCUT2D eigenvalue weighted by molar-refractivity contribution is -0.121. The second-order valence-corrected chi connectivity index (χ2v) is 4.53. The van der Waals surface area contributed by atoms with Gasteiger partial charge in [0.15, 0.2) is 0 Å². The summed E-state index contributed by atoms with van der Waals surface area (Å²) in [6.07, 6.45) is 0.802. The Morgan fingerprint density at radius 2 is 2.33 bits per heavy atom. The second-order valence-electron chi connectivity index (χ2n) is 4.53. The zero-order valence-corrected chi connectivity index (χ0v) is 10.6. The number of hydrogen-bond acceptors (Lipinski definition) is 4. The van der Waals surface area contributed by atoms with Gasteiger partial charge in [-0.2, -0.15) is 0 Å². The normalized spacial score (nSPS) is 19.0. The summed E-state index contributed by atoms with van der Waals surface area (Å²) in [5.74, 6) is 0.501. The standard InChI is InChI=1S/C13H19N3O2/c1-18-11-3-2-9(7-14)12(6-11)16-5-4-10(8-16)13(15)17/h2-3,6,10H,4-5,7-8,14H2,1H3,(H2,15,17). The summed E-state index contributed by atoms with van der Waals surface area (Å²) in [5.41, 5.74) is 13.2. The van der Waals surface area contributed by atoms with E-state index in [4.69, 9.17) is 16.2 Å². The molecular formula is C13H19N3O2. The summed E-state index contributed by atoms with van der Waals surface area (Å²) in [4.78, 5) is 13.4. The lowest BCUT2D eigenvalue weighted by Crippen LogP contribution is -2.28. The molecule has 1 heterocycles. The molecular weight excluding hydrogens is 230 g/mol. The molecule has 0 bridgehead atoms. The van der Waals surface area contributed by atoms with Crippen LogP contribution < -0.4 is 21.1 Å². The number of carbonyl (C=O) groups is 1. The molecule has 1 aromatic rings. The van der Waals surface area contributed by atoms with Crippen LogP contribution in [0.5, 0.6) is 5.75 Å². The quantitative estimate of drug-likeness (QED) is 0.812. The number of hydrogen-bond donors (Lipinski definition) is 2. The number of primary amides is 1. The van der Waals surface area contributed by atoms with Crippen molar-refractivity contribution in [1.29, 1.82) is 0 Å². The van der Waals surface area contributed by atoms with E-state index in [2.05, 4.69) is 4.90 Å². The Hall–Kier alpha value is -1.75. The zero-order chi connectivity index (χ0) is 13.1. The molecule has 1 unspecified atom stereocenters. The molecule has 0 radical (unpaired) electrons. The molecule has 0 saturated carbocycles. The van der Waals surface area contributed by atoms with Crippen molar-refractivity contribution in [3.63, 3.8) is 0 Å². The number of ether oxygens (including phenoxy) is 1. The van der Waals surface area contributed by atoms with Crippen molar-refractivity contribution in [3.05, 3.63) is 23.8 Å². The van der Waals surface area contributed by atoms with E-state index in [9.17, 15) is 4.79 Å². The predicted molar refractivity (Wildman–Crippen MR) is 70.4 cm³/mol. The minimum atomic E-state index is -0.227. The van der Waals surface area contributed by atoms with Crippen LogP contribution in [0.25, 0.3) is 0 Å². The molecule has 5 heteroatoms. The molecule has 2 rings (SSSR count). The van der Waals surface area contributed by atoms with Crippen LogP contribution in [-0.4, -0.2) is 26.1 Å². The number of nitrogens with two attached hydrogens (primary N) is 2. The first-order chi connectivity index (χ1) is 8.65. The monoisotopic (exact) mass is 249 g/mol. The predicted octanol–water partition coefficient (Wildman–Crippen LogP) is 0.466. The van der Waals surface area contributed by atoms with E-state index < -0.39 is 0 Å². The van der Waals surface area contributed by atoms with E-state index in [-0.39, 0.29) is 11.8 Å². The third kappa shape index (κ3) is 2.41. The van der Waals surface area contributed by atoms with Crippen LogP contribution in [0.3, 0.4) is 0 Å². The van der Waals surface area contributed by atoms with Crippen LogP contribution in [-0.2, 0) is 11.3 Å². The molecule has 1 aromatic carbocycles. The molecule has 18 heavy (non-hydrogen) atoms. The van der Waals surface area contributed by atoms with Crippen molar-refractivity contribution in [1.82, 2.24) is 0 Å². The van der Waals surface area contributed by atoms with Crippen molar-refractivity contribution in [2.45, 2.75) is 13.0 Å². The smallest absolute Gasteiger partial charge is 0.222 e. The Balaban J connectivity index is 2.24. The summed E-state index contributed by atoms with van der Waals surface area (Å²) in [6.45, 7) is 1.96. The van der Waals surface area contributed by atoms with Crippen LogP contribution in [0.15, 0.2) is 18.2 Å². The van der Waals surface area contributed by atoms with Crippen molar-refractivity contribution >= 4 is 11.6 Å². The summed E-state index contributed by atoms with van der Waals surface area (Å²) in [5, 5.41) is 0. The van der Waals surface area contributed by atoms with Crippen LogP contribution in [0, 0.1) is 5.92 Å². The van der Waals surface area contributed by atoms with E-state index >= 15 is 0 Å². The number of methoxy groups -OCH3 is 1. The lowest BCUT2D eigenvalue weighted by Gasteiger charge is -2.22. The number of benzene rings is 1. The van der Waals surface area contributed by atoms with E-state index in [1.807, 2.05) is 18.2 Å². The summed E-state index contributed by atoms with van der Waals surface area (Å²) >= 11 is 0. The van der Waals surface area contributed by atoms with E-state index in [0.717, 1.165) is 30.0 Å². The second kappa shape index (κ2) is 5.27. The number of carbonyl (C=O) groups excluding carboxylic acids is 1. The molecule has 1 aliphatic heterocycles. The van der Waals surface area contributed by atoms with Gasteiger partial charge in [-0.05, 0) is 18.1 Å². The largest absolute Gasteiger partial charge is 0.497 e. The van der Waals surface area contributed by atoms with Gasteiger partial charge in [-0.15, -0.1) is 0 Å².